The third kappa shape index (κ3) is 3.97. The fourth-order valence-corrected chi connectivity index (χ4v) is 5.20. The number of nitrogens with zero attached hydrogens (tertiary/aromatic N) is 5. The highest BCUT2D eigenvalue weighted by Crippen LogP contribution is 2.33. The lowest BCUT2D eigenvalue weighted by Gasteiger charge is -2.35. The highest BCUT2D eigenvalue weighted by atomic mass is 19.1. The molecule has 1 amide bonds. The van der Waals surface area contributed by atoms with E-state index < -0.39 is 0 Å². The number of benzene rings is 1. The van der Waals surface area contributed by atoms with Crippen molar-refractivity contribution in [3.8, 4) is 0 Å². The Labute approximate surface area is 193 Å². The third-order valence-electron chi connectivity index (χ3n) is 6.94. The molecule has 0 bridgehead atoms. The SMILES string of the molecule is Cc1cn2nc([C@@H]3CCCCN3C(=O)c3cc(C)c(F)c(C)c3)cc2nc1N1CC[C@H](N)C1. The molecule has 0 saturated carbocycles. The van der Waals surface area contributed by atoms with Crippen molar-refractivity contribution in [1.82, 2.24) is 19.5 Å². The zero-order valence-electron chi connectivity index (χ0n) is 19.5. The normalized spacial score (nSPS) is 21.2. The lowest BCUT2D eigenvalue weighted by atomic mass is 9.97. The third-order valence-corrected chi connectivity index (χ3v) is 6.94. The number of likely N-dealkylation sites (tertiary alicyclic amines) is 1. The molecule has 3 aromatic rings. The van der Waals surface area contributed by atoms with Crippen LogP contribution in [-0.4, -0.2) is 51.1 Å². The number of hydrogen-bond donors (Lipinski definition) is 1. The Morgan fingerprint density at radius 1 is 1.06 bits per heavy atom. The van der Waals surface area contributed by atoms with Crippen molar-refractivity contribution in [1.29, 1.82) is 0 Å². The average Bonchev–Trinajstić information content (AvgIpc) is 3.41. The molecule has 2 aliphatic heterocycles. The van der Waals surface area contributed by atoms with E-state index in [2.05, 4.69) is 4.90 Å². The van der Waals surface area contributed by atoms with Crippen molar-refractivity contribution >= 4 is 17.4 Å². The maximum Gasteiger partial charge on any atom is 0.254 e. The number of anilines is 1. The Bertz CT molecular complexity index is 1200. The molecular formula is C25H31FN6O. The van der Waals surface area contributed by atoms with Crippen molar-refractivity contribution in [2.45, 2.75) is 58.5 Å². The fraction of sp³-hybridized carbons (Fsp3) is 0.480. The van der Waals surface area contributed by atoms with Crippen LogP contribution in [0.1, 0.15) is 64.5 Å². The number of rotatable bonds is 3. The van der Waals surface area contributed by atoms with Crippen LogP contribution in [0.3, 0.4) is 0 Å². The van der Waals surface area contributed by atoms with E-state index >= 15 is 0 Å². The van der Waals surface area contributed by atoms with Gasteiger partial charge in [0.25, 0.3) is 5.91 Å². The predicted octanol–water partition coefficient (Wildman–Crippen LogP) is 3.70. The summed E-state index contributed by atoms with van der Waals surface area (Å²) in [5.41, 5.74) is 10.3. The number of fused-ring (bicyclic) bond motifs is 1. The molecule has 0 spiro atoms. The first-order valence-corrected chi connectivity index (χ1v) is 11.8. The predicted molar refractivity (Wildman–Crippen MR) is 126 cm³/mol. The summed E-state index contributed by atoms with van der Waals surface area (Å²) in [5, 5.41) is 4.81. The standard InChI is InChI=1S/C25H31FN6O/c1-15-10-18(11-16(2)23(15)26)25(33)31-8-5-4-6-21(31)20-12-22-28-24(17(3)13-32(22)29-20)30-9-7-19(27)14-30/h10-13,19,21H,4-9,14,27H2,1-3H3/t19-,21-/m0/s1. The fourth-order valence-electron chi connectivity index (χ4n) is 5.20. The van der Waals surface area contributed by atoms with Gasteiger partial charge in [-0.25, -0.2) is 13.9 Å². The van der Waals surface area contributed by atoms with Crippen LogP contribution in [0.15, 0.2) is 24.4 Å². The van der Waals surface area contributed by atoms with E-state index in [1.807, 2.05) is 28.6 Å². The first kappa shape index (κ1) is 21.8. The quantitative estimate of drug-likeness (QED) is 0.658. The summed E-state index contributed by atoms with van der Waals surface area (Å²) in [7, 11) is 0. The smallest absolute Gasteiger partial charge is 0.254 e. The molecular weight excluding hydrogens is 419 g/mol. The Morgan fingerprint density at radius 3 is 2.52 bits per heavy atom. The Hall–Kier alpha value is -3.00. The highest BCUT2D eigenvalue weighted by molar-refractivity contribution is 5.95. The number of aromatic nitrogens is 3. The Kier molecular flexibility index (Phi) is 5.56. The molecule has 7 nitrogen and oxygen atoms in total. The van der Waals surface area contributed by atoms with Crippen LogP contribution >= 0.6 is 0 Å². The number of amides is 1. The molecule has 33 heavy (non-hydrogen) atoms. The van der Waals surface area contributed by atoms with Crippen LogP contribution < -0.4 is 10.6 Å². The summed E-state index contributed by atoms with van der Waals surface area (Å²) in [5.74, 6) is 0.632. The summed E-state index contributed by atoms with van der Waals surface area (Å²) >= 11 is 0. The second-order valence-electron chi connectivity index (χ2n) is 9.55. The van der Waals surface area contributed by atoms with Gasteiger partial charge in [0.05, 0.1) is 11.7 Å². The van der Waals surface area contributed by atoms with E-state index in [9.17, 15) is 9.18 Å². The molecule has 5 rings (SSSR count). The van der Waals surface area contributed by atoms with Crippen LogP contribution in [0, 0.1) is 26.6 Å². The van der Waals surface area contributed by atoms with Crippen molar-refractivity contribution in [2.75, 3.05) is 24.5 Å². The second kappa shape index (κ2) is 8.41. The van der Waals surface area contributed by atoms with Crippen LogP contribution in [0.25, 0.3) is 5.65 Å². The summed E-state index contributed by atoms with van der Waals surface area (Å²) in [6, 6.07) is 5.36. The topological polar surface area (TPSA) is 79.8 Å². The monoisotopic (exact) mass is 450 g/mol. The lowest BCUT2D eigenvalue weighted by molar-refractivity contribution is 0.0605. The van der Waals surface area contributed by atoms with Crippen LogP contribution in [0.4, 0.5) is 10.2 Å². The van der Waals surface area contributed by atoms with Crippen LogP contribution in [-0.2, 0) is 0 Å². The number of carbonyl (C=O) groups is 1. The van der Waals surface area contributed by atoms with Crippen LogP contribution in [0.2, 0.25) is 0 Å². The van der Waals surface area contributed by atoms with Gasteiger partial charge in [-0.15, -0.1) is 0 Å². The van der Waals surface area contributed by atoms with E-state index in [0.29, 0.717) is 23.2 Å². The minimum Gasteiger partial charge on any atom is -0.355 e. The molecule has 2 aromatic heterocycles. The van der Waals surface area contributed by atoms with Gasteiger partial charge in [-0.3, -0.25) is 4.79 Å². The summed E-state index contributed by atoms with van der Waals surface area (Å²) in [6.07, 6.45) is 5.81. The van der Waals surface area contributed by atoms with Gasteiger partial charge < -0.3 is 15.5 Å². The van der Waals surface area contributed by atoms with Gasteiger partial charge in [-0.2, -0.15) is 5.10 Å². The molecule has 4 heterocycles. The summed E-state index contributed by atoms with van der Waals surface area (Å²) < 4.78 is 15.9. The summed E-state index contributed by atoms with van der Waals surface area (Å²) in [4.78, 5) is 22.5. The van der Waals surface area contributed by atoms with E-state index in [-0.39, 0.29) is 23.8 Å². The second-order valence-corrected chi connectivity index (χ2v) is 9.55. The maximum absolute atomic E-state index is 14.1. The van der Waals surface area contributed by atoms with E-state index in [4.69, 9.17) is 15.8 Å². The van der Waals surface area contributed by atoms with Crippen molar-refractivity contribution < 1.29 is 9.18 Å². The number of hydrogen-bond acceptors (Lipinski definition) is 5. The Morgan fingerprint density at radius 2 is 1.82 bits per heavy atom. The van der Waals surface area contributed by atoms with Gasteiger partial charge in [0.1, 0.15) is 11.6 Å². The van der Waals surface area contributed by atoms with Crippen molar-refractivity contribution in [2.24, 2.45) is 5.73 Å². The number of nitrogens with two attached hydrogens (primary N) is 1. The van der Waals surface area contributed by atoms with Crippen molar-refractivity contribution in [3.05, 3.63) is 58.2 Å². The average molecular weight is 451 g/mol. The number of halogens is 1. The van der Waals surface area contributed by atoms with Crippen molar-refractivity contribution in [3.63, 3.8) is 0 Å². The molecule has 0 unspecified atom stereocenters. The molecule has 2 N–H and O–H groups in total. The molecule has 8 heteroatoms. The van der Waals surface area contributed by atoms with Gasteiger partial charge in [0.15, 0.2) is 5.65 Å². The number of aryl methyl sites for hydroxylation is 3. The summed E-state index contributed by atoms with van der Waals surface area (Å²) in [6.45, 7) is 7.83. The van der Waals surface area contributed by atoms with Gasteiger partial charge in [0, 0.05) is 49.1 Å². The molecule has 1 aromatic carbocycles. The molecule has 2 saturated heterocycles. The Balaban J connectivity index is 1.47. The van der Waals surface area contributed by atoms with Gasteiger partial charge >= 0.3 is 0 Å². The van der Waals surface area contributed by atoms with Gasteiger partial charge in [-0.05, 0) is 69.7 Å². The first-order chi connectivity index (χ1) is 15.8. The van der Waals surface area contributed by atoms with Crippen LogP contribution in [0.5, 0.6) is 0 Å². The minimum atomic E-state index is -0.252. The minimum absolute atomic E-state index is 0.0705. The molecule has 0 aliphatic carbocycles. The first-order valence-electron chi connectivity index (χ1n) is 11.8. The number of carbonyl (C=O) groups excluding carboxylic acids is 1. The molecule has 0 radical (unpaired) electrons. The molecule has 2 atom stereocenters. The van der Waals surface area contributed by atoms with E-state index in [1.165, 1.54) is 0 Å². The zero-order valence-corrected chi connectivity index (χ0v) is 19.5. The molecule has 174 valence electrons. The number of piperidine rings is 1. The van der Waals surface area contributed by atoms with E-state index in [1.54, 1.807) is 26.0 Å². The van der Waals surface area contributed by atoms with Gasteiger partial charge in [-0.1, -0.05) is 0 Å². The molecule has 2 aliphatic rings. The largest absolute Gasteiger partial charge is 0.355 e. The lowest BCUT2D eigenvalue weighted by Crippen LogP contribution is -2.38. The molecule has 2 fully saturated rings. The van der Waals surface area contributed by atoms with Gasteiger partial charge in [0.2, 0.25) is 0 Å². The maximum atomic E-state index is 14.1. The van der Waals surface area contributed by atoms with E-state index in [0.717, 1.165) is 61.5 Å². The zero-order chi connectivity index (χ0) is 23.3. The highest BCUT2D eigenvalue weighted by Gasteiger charge is 2.31.